The van der Waals surface area contributed by atoms with Crippen molar-refractivity contribution >= 4 is 15.8 Å². The van der Waals surface area contributed by atoms with Crippen LogP contribution in [0.2, 0.25) is 0 Å². The smallest absolute Gasteiger partial charge is 0.328 e. The summed E-state index contributed by atoms with van der Waals surface area (Å²) in [5, 5.41) is 9.59. The van der Waals surface area contributed by atoms with Gasteiger partial charge < -0.3 is 5.11 Å². The Balaban J connectivity index is 3.34. The van der Waals surface area contributed by atoms with Crippen molar-refractivity contribution < 1.29 is 18.3 Å². The summed E-state index contributed by atoms with van der Waals surface area (Å²) >= 11 is 0. The summed E-state index contributed by atoms with van der Waals surface area (Å²) in [6.45, 7) is 6.61. The van der Waals surface area contributed by atoms with Gasteiger partial charge in [0.1, 0.15) is 5.54 Å². The first kappa shape index (κ1) is 16.7. The molecule has 1 aromatic rings. The van der Waals surface area contributed by atoms with Gasteiger partial charge in [-0.3, -0.25) is 4.90 Å². The van der Waals surface area contributed by atoms with Crippen LogP contribution in [0.5, 0.6) is 0 Å². The number of nitrogens with zero attached hydrogens (tertiary/aromatic N) is 1. The molecule has 0 heterocycles. The number of carboxylic acid groups (broad SMARTS) is 1. The Morgan fingerprint density at radius 1 is 1.20 bits per heavy atom. The van der Waals surface area contributed by atoms with Gasteiger partial charge in [-0.05, 0) is 37.7 Å². The van der Waals surface area contributed by atoms with Crippen LogP contribution >= 0.6 is 0 Å². The van der Waals surface area contributed by atoms with E-state index in [-0.39, 0.29) is 4.90 Å². The van der Waals surface area contributed by atoms with Crippen molar-refractivity contribution in [1.82, 2.24) is 4.90 Å². The first-order chi connectivity index (χ1) is 9.17. The number of carboxylic acids is 1. The minimum absolute atomic E-state index is 0.188. The molecule has 0 amide bonds. The molecule has 0 fully saturated rings. The fraction of sp³-hybridized carbons (Fsp3) is 0.500. The monoisotopic (exact) mass is 299 g/mol. The lowest BCUT2D eigenvalue weighted by atomic mass is 9.90. The topological polar surface area (TPSA) is 74.7 Å². The van der Waals surface area contributed by atoms with Crippen molar-refractivity contribution in [3.8, 4) is 0 Å². The highest BCUT2D eigenvalue weighted by molar-refractivity contribution is 7.90. The lowest BCUT2D eigenvalue weighted by Gasteiger charge is -2.37. The summed E-state index contributed by atoms with van der Waals surface area (Å²) in [7, 11) is -3.28. The molecule has 1 rings (SSSR count). The van der Waals surface area contributed by atoms with Gasteiger partial charge in [-0.15, -0.1) is 0 Å². The van der Waals surface area contributed by atoms with E-state index in [1.165, 1.54) is 12.1 Å². The Labute approximate surface area is 120 Å². The van der Waals surface area contributed by atoms with Gasteiger partial charge in [-0.25, -0.2) is 13.2 Å². The standard InChI is InChI=1S/C14H21NO4S/c1-5-15(6-2)14(3,13(16)17)11-7-9-12(10-8-11)20(4,18)19/h7-10H,5-6H2,1-4H3,(H,16,17). The van der Waals surface area contributed by atoms with E-state index >= 15 is 0 Å². The van der Waals surface area contributed by atoms with Gasteiger partial charge in [-0.2, -0.15) is 0 Å². The summed E-state index contributed by atoms with van der Waals surface area (Å²) in [4.78, 5) is 13.7. The van der Waals surface area contributed by atoms with Gasteiger partial charge in [0, 0.05) is 6.26 Å². The van der Waals surface area contributed by atoms with E-state index in [9.17, 15) is 18.3 Å². The zero-order chi connectivity index (χ0) is 15.6. The Bertz CT molecular complexity index is 576. The summed E-state index contributed by atoms with van der Waals surface area (Å²) in [6.07, 6.45) is 1.13. The second-order valence-corrected chi connectivity index (χ2v) is 6.86. The Morgan fingerprint density at radius 3 is 1.95 bits per heavy atom. The number of carbonyl (C=O) groups is 1. The predicted octanol–water partition coefficient (Wildman–Crippen LogP) is 1.73. The number of rotatable bonds is 6. The van der Waals surface area contributed by atoms with Gasteiger partial charge in [0.15, 0.2) is 9.84 Å². The molecule has 6 heteroatoms. The van der Waals surface area contributed by atoms with Crippen LogP contribution in [0.25, 0.3) is 0 Å². The molecule has 20 heavy (non-hydrogen) atoms. The van der Waals surface area contributed by atoms with Crippen LogP contribution in [-0.4, -0.2) is 43.7 Å². The summed E-state index contributed by atoms with van der Waals surface area (Å²) in [6, 6.07) is 6.05. The predicted molar refractivity (Wildman–Crippen MR) is 77.5 cm³/mol. The molecule has 0 saturated carbocycles. The number of sulfone groups is 1. The number of hydrogen-bond acceptors (Lipinski definition) is 4. The summed E-state index contributed by atoms with van der Waals surface area (Å²) < 4.78 is 22.9. The number of hydrogen-bond donors (Lipinski definition) is 1. The third-order valence-corrected chi connectivity index (χ3v) is 4.79. The molecule has 0 spiro atoms. The van der Waals surface area contributed by atoms with E-state index in [2.05, 4.69) is 0 Å². The first-order valence-corrected chi connectivity index (χ1v) is 8.36. The Morgan fingerprint density at radius 2 is 1.65 bits per heavy atom. The molecule has 112 valence electrons. The molecule has 5 nitrogen and oxygen atoms in total. The van der Waals surface area contributed by atoms with Gasteiger partial charge in [0.2, 0.25) is 0 Å². The van der Waals surface area contributed by atoms with Crippen LogP contribution in [0, 0.1) is 0 Å². The lowest BCUT2D eigenvalue weighted by molar-refractivity contribution is -0.151. The highest BCUT2D eigenvalue weighted by Gasteiger charge is 2.39. The molecule has 1 aromatic carbocycles. The Hall–Kier alpha value is -1.40. The van der Waals surface area contributed by atoms with E-state index in [1.54, 1.807) is 19.1 Å². The van der Waals surface area contributed by atoms with E-state index < -0.39 is 21.3 Å². The molecule has 0 aliphatic heterocycles. The maximum absolute atomic E-state index is 11.7. The number of aliphatic carboxylic acids is 1. The van der Waals surface area contributed by atoms with Crippen molar-refractivity contribution in [2.45, 2.75) is 31.2 Å². The largest absolute Gasteiger partial charge is 0.480 e. The normalized spacial score (nSPS) is 15.1. The maximum Gasteiger partial charge on any atom is 0.328 e. The number of benzene rings is 1. The fourth-order valence-corrected chi connectivity index (χ4v) is 2.95. The molecule has 1 N–H and O–H groups in total. The average molecular weight is 299 g/mol. The van der Waals surface area contributed by atoms with Crippen molar-refractivity contribution in [2.24, 2.45) is 0 Å². The molecule has 0 bridgehead atoms. The van der Waals surface area contributed by atoms with Crippen LogP contribution < -0.4 is 0 Å². The maximum atomic E-state index is 11.7. The van der Waals surface area contributed by atoms with E-state index in [1.807, 2.05) is 18.7 Å². The zero-order valence-corrected chi connectivity index (χ0v) is 13.1. The summed E-state index contributed by atoms with van der Waals surface area (Å²) in [5.41, 5.74) is -0.597. The van der Waals surface area contributed by atoms with Crippen LogP contribution in [0.4, 0.5) is 0 Å². The highest BCUT2D eigenvalue weighted by atomic mass is 32.2. The molecule has 0 aliphatic carbocycles. The number of likely N-dealkylation sites (N-methyl/N-ethyl adjacent to an activating group) is 1. The molecular weight excluding hydrogens is 278 g/mol. The van der Waals surface area contributed by atoms with Crippen molar-refractivity contribution in [3.63, 3.8) is 0 Å². The molecule has 0 saturated heterocycles. The van der Waals surface area contributed by atoms with Gasteiger partial charge in [-0.1, -0.05) is 26.0 Å². The highest BCUT2D eigenvalue weighted by Crippen LogP contribution is 2.29. The Kier molecular flexibility index (Phi) is 4.94. The molecule has 0 radical (unpaired) electrons. The molecule has 0 aromatic heterocycles. The van der Waals surface area contributed by atoms with E-state index in [0.29, 0.717) is 18.7 Å². The van der Waals surface area contributed by atoms with E-state index in [0.717, 1.165) is 6.26 Å². The molecule has 0 aliphatic rings. The second-order valence-electron chi connectivity index (χ2n) is 4.85. The molecule has 1 atom stereocenters. The lowest BCUT2D eigenvalue weighted by Crippen LogP contribution is -2.49. The van der Waals surface area contributed by atoms with Crippen molar-refractivity contribution in [3.05, 3.63) is 29.8 Å². The first-order valence-electron chi connectivity index (χ1n) is 6.47. The molecular formula is C14H21NO4S. The third-order valence-electron chi connectivity index (χ3n) is 3.66. The van der Waals surface area contributed by atoms with Crippen molar-refractivity contribution in [1.29, 1.82) is 0 Å². The average Bonchev–Trinajstić information content (AvgIpc) is 2.38. The van der Waals surface area contributed by atoms with Gasteiger partial charge >= 0.3 is 5.97 Å². The zero-order valence-electron chi connectivity index (χ0n) is 12.3. The van der Waals surface area contributed by atoms with Crippen molar-refractivity contribution in [2.75, 3.05) is 19.3 Å². The van der Waals surface area contributed by atoms with Gasteiger partial charge in [0.05, 0.1) is 4.90 Å². The molecule has 1 unspecified atom stereocenters. The minimum Gasteiger partial charge on any atom is -0.480 e. The minimum atomic E-state index is -3.28. The van der Waals surface area contributed by atoms with Crippen LogP contribution in [-0.2, 0) is 20.2 Å². The van der Waals surface area contributed by atoms with E-state index in [4.69, 9.17) is 0 Å². The fourth-order valence-electron chi connectivity index (χ4n) is 2.32. The second kappa shape index (κ2) is 5.93. The quantitative estimate of drug-likeness (QED) is 0.866. The van der Waals surface area contributed by atoms with Gasteiger partial charge in [0.25, 0.3) is 0 Å². The summed E-state index contributed by atoms with van der Waals surface area (Å²) in [5.74, 6) is -0.951. The van der Waals surface area contributed by atoms with Crippen LogP contribution in [0.3, 0.4) is 0 Å². The van der Waals surface area contributed by atoms with Crippen LogP contribution in [0.15, 0.2) is 29.2 Å². The third kappa shape index (κ3) is 3.02. The SMILES string of the molecule is CCN(CC)C(C)(C(=O)O)c1ccc(S(C)(=O)=O)cc1. The van der Waals surface area contributed by atoms with Crippen LogP contribution in [0.1, 0.15) is 26.3 Å².